The van der Waals surface area contributed by atoms with Crippen LogP contribution in [0.2, 0.25) is 0 Å². The lowest BCUT2D eigenvalue weighted by Gasteiger charge is -2.25. The van der Waals surface area contributed by atoms with Gasteiger partial charge in [-0.05, 0) is 75.6 Å². The molecule has 2 aromatic rings. The van der Waals surface area contributed by atoms with Crippen LogP contribution in [0, 0.1) is 5.41 Å². The molecular weight excluding hydrogens is 300 g/mol. The molecule has 130 valence electrons. The van der Waals surface area contributed by atoms with E-state index in [1.54, 1.807) is 0 Å². The Hall–Kier alpha value is -2.03. The minimum Gasteiger partial charge on any atom is -0.488 e. The van der Waals surface area contributed by atoms with E-state index in [0.29, 0.717) is 5.75 Å². The number of esters is 1. The summed E-state index contributed by atoms with van der Waals surface area (Å²) in [5, 5.41) is 2.09. The molecule has 0 aliphatic rings. The summed E-state index contributed by atoms with van der Waals surface area (Å²) in [5.74, 6) is 1.23. The Balaban J connectivity index is 2.22. The van der Waals surface area contributed by atoms with Crippen molar-refractivity contribution in [2.45, 2.75) is 60.0 Å². The number of carbonyl (C=O) groups is 1. The van der Waals surface area contributed by atoms with Gasteiger partial charge >= 0.3 is 5.97 Å². The molecule has 0 aliphatic carbocycles. The van der Waals surface area contributed by atoms with Gasteiger partial charge in [0, 0.05) is 0 Å². The lowest BCUT2D eigenvalue weighted by atomic mass is 9.91. The van der Waals surface area contributed by atoms with E-state index in [4.69, 9.17) is 9.47 Å². The van der Waals surface area contributed by atoms with Crippen LogP contribution < -0.4 is 9.47 Å². The predicted molar refractivity (Wildman–Crippen MR) is 98.7 cm³/mol. The first-order valence-electron chi connectivity index (χ1n) is 8.62. The Morgan fingerprint density at radius 3 is 1.96 bits per heavy atom. The Morgan fingerprint density at radius 1 is 0.875 bits per heavy atom. The smallest absolute Gasteiger partial charge is 0.316 e. The molecule has 0 N–H and O–H groups in total. The van der Waals surface area contributed by atoms with Gasteiger partial charge in [-0.1, -0.05) is 26.0 Å². The number of benzene rings is 2. The second-order valence-electron chi connectivity index (χ2n) is 7.51. The first kappa shape index (κ1) is 18.3. The molecule has 3 heteroatoms. The third-order valence-electron chi connectivity index (χ3n) is 4.68. The van der Waals surface area contributed by atoms with Crippen LogP contribution >= 0.6 is 0 Å². The zero-order chi connectivity index (χ0) is 18.0. The maximum absolute atomic E-state index is 12.2. The summed E-state index contributed by atoms with van der Waals surface area (Å²) in [6.07, 6.45) is 1.68. The number of rotatable bonds is 6. The van der Waals surface area contributed by atoms with Crippen molar-refractivity contribution in [3.63, 3.8) is 0 Å². The van der Waals surface area contributed by atoms with Gasteiger partial charge < -0.3 is 9.47 Å². The van der Waals surface area contributed by atoms with Crippen LogP contribution in [0.15, 0.2) is 36.4 Å². The molecule has 2 aromatic carbocycles. The number of ether oxygens (including phenoxy) is 2. The van der Waals surface area contributed by atoms with Gasteiger partial charge in [-0.2, -0.15) is 0 Å². The van der Waals surface area contributed by atoms with Crippen LogP contribution in [0.1, 0.15) is 54.4 Å². The maximum atomic E-state index is 12.2. The van der Waals surface area contributed by atoms with Crippen LogP contribution in [0.25, 0.3) is 10.8 Å². The van der Waals surface area contributed by atoms with Crippen molar-refractivity contribution in [3.8, 4) is 11.5 Å². The van der Waals surface area contributed by atoms with Crippen molar-refractivity contribution in [1.29, 1.82) is 0 Å². The highest BCUT2D eigenvalue weighted by atomic mass is 16.5. The zero-order valence-corrected chi connectivity index (χ0v) is 15.6. The molecule has 0 aliphatic heterocycles. The van der Waals surface area contributed by atoms with Crippen LogP contribution in [-0.4, -0.2) is 11.6 Å². The number of hydrogen-bond acceptors (Lipinski definition) is 3. The second kappa shape index (κ2) is 6.84. The van der Waals surface area contributed by atoms with Crippen molar-refractivity contribution in [2.75, 3.05) is 0 Å². The highest BCUT2D eigenvalue weighted by Crippen LogP contribution is 2.29. The second-order valence-corrected chi connectivity index (χ2v) is 7.51. The van der Waals surface area contributed by atoms with E-state index < -0.39 is 5.41 Å². The molecule has 0 amide bonds. The fraction of sp³-hybridized carbons (Fsp3) is 0.476. The fourth-order valence-corrected chi connectivity index (χ4v) is 2.11. The Bertz CT molecular complexity index is 729. The standard InChI is InChI=1S/C21H28O3/c1-7-20(3,4)19(22)23-17-11-9-16-14-18(12-10-15(16)13-17)24-21(5,6)8-2/h9-14H,7-8H2,1-6H3. The van der Waals surface area contributed by atoms with Crippen molar-refractivity contribution >= 4 is 16.7 Å². The number of fused-ring (bicyclic) bond motifs is 1. The lowest BCUT2D eigenvalue weighted by Crippen LogP contribution is -2.28. The Labute approximate surface area is 145 Å². The van der Waals surface area contributed by atoms with E-state index in [1.807, 2.05) is 57.2 Å². The SMILES string of the molecule is CCC(C)(C)Oc1ccc2cc(OC(=O)C(C)(C)CC)ccc2c1. The molecule has 0 fully saturated rings. The van der Waals surface area contributed by atoms with Crippen molar-refractivity contribution in [2.24, 2.45) is 5.41 Å². The Morgan fingerprint density at radius 2 is 1.42 bits per heavy atom. The molecule has 0 bridgehead atoms. The van der Waals surface area contributed by atoms with Gasteiger partial charge in [0.1, 0.15) is 17.1 Å². The molecule has 24 heavy (non-hydrogen) atoms. The van der Waals surface area contributed by atoms with Gasteiger partial charge in [-0.25, -0.2) is 0 Å². The van der Waals surface area contributed by atoms with Crippen molar-refractivity contribution in [1.82, 2.24) is 0 Å². The minimum absolute atomic E-state index is 0.186. The summed E-state index contributed by atoms with van der Waals surface area (Å²) in [6.45, 7) is 12.1. The molecule has 0 atom stereocenters. The molecule has 0 aromatic heterocycles. The van der Waals surface area contributed by atoms with Gasteiger partial charge in [-0.15, -0.1) is 0 Å². The van der Waals surface area contributed by atoms with Gasteiger partial charge in [-0.3, -0.25) is 4.79 Å². The Kier molecular flexibility index (Phi) is 5.22. The number of carbonyl (C=O) groups excluding carboxylic acids is 1. The third kappa shape index (κ3) is 4.28. The lowest BCUT2D eigenvalue weighted by molar-refractivity contribution is -0.144. The zero-order valence-electron chi connectivity index (χ0n) is 15.6. The number of hydrogen-bond donors (Lipinski definition) is 0. The first-order chi connectivity index (χ1) is 11.2. The van der Waals surface area contributed by atoms with E-state index in [0.717, 1.165) is 29.4 Å². The maximum Gasteiger partial charge on any atom is 0.316 e. The summed E-state index contributed by atoms with van der Waals surface area (Å²) < 4.78 is 11.6. The molecule has 3 nitrogen and oxygen atoms in total. The van der Waals surface area contributed by atoms with Crippen LogP contribution in [-0.2, 0) is 4.79 Å². The molecular formula is C21H28O3. The van der Waals surface area contributed by atoms with Crippen LogP contribution in [0.3, 0.4) is 0 Å². The molecule has 0 spiro atoms. The van der Waals surface area contributed by atoms with E-state index in [9.17, 15) is 4.79 Å². The van der Waals surface area contributed by atoms with Gasteiger partial charge in [0.25, 0.3) is 0 Å². The monoisotopic (exact) mass is 328 g/mol. The molecule has 0 saturated heterocycles. The van der Waals surface area contributed by atoms with Gasteiger partial charge in [0.2, 0.25) is 0 Å². The normalized spacial score (nSPS) is 12.2. The van der Waals surface area contributed by atoms with Crippen molar-refractivity contribution in [3.05, 3.63) is 36.4 Å². The van der Waals surface area contributed by atoms with E-state index in [-0.39, 0.29) is 11.6 Å². The minimum atomic E-state index is -0.474. The molecule has 2 rings (SSSR count). The molecule has 0 heterocycles. The molecule has 0 saturated carbocycles. The topological polar surface area (TPSA) is 35.5 Å². The highest BCUT2D eigenvalue weighted by Gasteiger charge is 2.27. The summed E-state index contributed by atoms with van der Waals surface area (Å²) in [6, 6.07) is 11.7. The third-order valence-corrected chi connectivity index (χ3v) is 4.68. The summed E-state index contributed by atoms with van der Waals surface area (Å²) in [5.41, 5.74) is -0.659. The van der Waals surface area contributed by atoms with E-state index in [1.165, 1.54) is 0 Å². The predicted octanol–water partition coefficient (Wildman–Crippen LogP) is 5.75. The highest BCUT2D eigenvalue weighted by molar-refractivity contribution is 5.86. The van der Waals surface area contributed by atoms with Crippen LogP contribution in [0.4, 0.5) is 0 Å². The van der Waals surface area contributed by atoms with Gasteiger partial charge in [0.15, 0.2) is 0 Å². The van der Waals surface area contributed by atoms with Gasteiger partial charge in [0.05, 0.1) is 5.41 Å². The first-order valence-corrected chi connectivity index (χ1v) is 8.62. The van der Waals surface area contributed by atoms with E-state index in [2.05, 4.69) is 20.8 Å². The fourth-order valence-electron chi connectivity index (χ4n) is 2.11. The van der Waals surface area contributed by atoms with E-state index >= 15 is 0 Å². The molecule has 0 unspecified atom stereocenters. The average Bonchev–Trinajstić information content (AvgIpc) is 2.54. The largest absolute Gasteiger partial charge is 0.488 e. The van der Waals surface area contributed by atoms with Crippen LogP contribution in [0.5, 0.6) is 11.5 Å². The average molecular weight is 328 g/mol. The van der Waals surface area contributed by atoms with Crippen molar-refractivity contribution < 1.29 is 14.3 Å². The summed E-state index contributed by atoms with van der Waals surface area (Å²) >= 11 is 0. The molecule has 0 radical (unpaired) electrons. The quantitative estimate of drug-likeness (QED) is 0.500. The summed E-state index contributed by atoms with van der Waals surface area (Å²) in [7, 11) is 0. The summed E-state index contributed by atoms with van der Waals surface area (Å²) in [4.78, 5) is 12.2.